The molecule has 0 bridgehead atoms. The van der Waals surface area contributed by atoms with Crippen LogP contribution in [-0.2, 0) is 9.59 Å². The van der Waals surface area contributed by atoms with Gasteiger partial charge < -0.3 is 20.5 Å². The van der Waals surface area contributed by atoms with E-state index in [2.05, 4.69) is 20.4 Å². The molecular weight excluding hydrogens is 371 g/mol. The molecule has 1 atom stereocenters. The van der Waals surface area contributed by atoms with Gasteiger partial charge in [0.25, 0.3) is 5.91 Å². The molecule has 1 aromatic heterocycles. The summed E-state index contributed by atoms with van der Waals surface area (Å²) in [6.07, 6.45) is -3.24. The molecule has 11 heteroatoms. The van der Waals surface area contributed by atoms with Crippen LogP contribution in [0.25, 0.3) is 0 Å². The van der Waals surface area contributed by atoms with Gasteiger partial charge in [-0.3, -0.25) is 9.59 Å². The summed E-state index contributed by atoms with van der Waals surface area (Å²) in [6, 6.07) is 1.14. The van der Waals surface area contributed by atoms with Crippen molar-refractivity contribution in [2.75, 3.05) is 13.2 Å². The van der Waals surface area contributed by atoms with Gasteiger partial charge in [0.05, 0.1) is 6.54 Å². The number of carbonyl (C=O) groups is 3. The van der Waals surface area contributed by atoms with Crippen molar-refractivity contribution >= 4 is 17.8 Å². The molecule has 1 aromatic rings. The molecule has 0 unspecified atom stereocenters. The quantitative estimate of drug-likeness (QED) is 0.585. The van der Waals surface area contributed by atoms with Gasteiger partial charge in [-0.2, -0.15) is 13.2 Å². The smallest absolute Gasteiger partial charge is 0.422 e. The van der Waals surface area contributed by atoms with E-state index >= 15 is 0 Å². The summed E-state index contributed by atoms with van der Waals surface area (Å²) >= 11 is 0. The number of carboxylic acids is 1. The maximum atomic E-state index is 12.1. The molecule has 0 saturated carbocycles. The lowest BCUT2D eigenvalue weighted by Crippen LogP contribution is -2.46. The highest BCUT2D eigenvalue weighted by Crippen LogP contribution is 2.17. The predicted molar refractivity (Wildman–Crippen MR) is 87.1 cm³/mol. The summed E-state index contributed by atoms with van der Waals surface area (Å²) in [4.78, 5) is 38.4. The van der Waals surface area contributed by atoms with Crippen molar-refractivity contribution in [1.82, 2.24) is 15.6 Å². The van der Waals surface area contributed by atoms with Crippen molar-refractivity contribution in [2.24, 2.45) is 5.92 Å². The van der Waals surface area contributed by atoms with Gasteiger partial charge in [-0.1, -0.05) is 13.8 Å². The first-order valence-corrected chi connectivity index (χ1v) is 7.94. The minimum absolute atomic E-state index is 0.0351. The maximum Gasteiger partial charge on any atom is 0.422 e. The van der Waals surface area contributed by atoms with E-state index in [9.17, 15) is 27.6 Å². The zero-order valence-corrected chi connectivity index (χ0v) is 14.7. The summed E-state index contributed by atoms with van der Waals surface area (Å²) in [5, 5.41) is 13.6. The Bertz CT molecular complexity index is 680. The van der Waals surface area contributed by atoms with Crippen LogP contribution in [0.3, 0.4) is 0 Å². The Labute approximate surface area is 153 Å². The van der Waals surface area contributed by atoms with E-state index < -0.39 is 49.0 Å². The molecule has 0 aliphatic rings. The van der Waals surface area contributed by atoms with Crippen LogP contribution in [0, 0.1) is 5.92 Å². The van der Waals surface area contributed by atoms with Gasteiger partial charge in [-0.05, 0) is 18.4 Å². The number of aliphatic carboxylic acids is 1. The Hall–Kier alpha value is -2.85. The monoisotopic (exact) mass is 391 g/mol. The number of amides is 2. The lowest BCUT2D eigenvalue weighted by Gasteiger charge is -2.16. The van der Waals surface area contributed by atoms with Crippen molar-refractivity contribution in [3.8, 4) is 5.88 Å². The SMILES string of the molecule is CC(C)C[C@H](NC(=O)CNC(=O)c1ccnc(OCC(F)(F)F)c1)C(=O)O. The van der Waals surface area contributed by atoms with E-state index in [0.717, 1.165) is 12.3 Å². The number of pyridine rings is 1. The molecule has 0 fully saturated rings. The lowest BCUT2D eigenvalue weighted by atomic mass is 10.0. The second kappa shape index (κ2) is 9.74. The van der Waals surface area contributed by atoms with Crippen molar-refractivity contribution in [3.05, 3.63) is 23.9 Å². The van der Waals surface area contributed by atoms with Crippen LogP contribution in [0.5, 0.6) is 5.88 Å². The molecule has 2 amide bonds. The molecule has 0 spiro atoms. The first kappa shape index (κ1) is 22.2. The van der Waals surface area contributed by atoms with Crippen molar-refractivity contribution < 1.29 is 37.4 Å². The molecule has 8 nitrogen and oxygen atoms in total. The third-order valence-corrected chi connectivity index (χ3v) is 3.13. The maximum absolute atomic E-state index is 12.1. The van der Waals surface area contributed by atoms with Crippen LogP contribution in [0.15, 0.2) is 18.3 Å². The molecule has 3 N–H and O–H groups in total. The Kier molecular flexibility index (Phi) is 8.00. The first-order chi connectivity index (χ1) is 12.5. The van der Waals surface area contributed by atoms with Gasteiger partial charge in [-0.25, -0.2) is 9.78 Å². The summed E-state index contributed by atoms with van der Waals surface area (Å²) in [6.45, 7) is 1.54. The van der Waals surface area contributed by atoms with Crippen molar-refractivity contribution in [1.29, 1.82) is 0 Å². The number of halogens is 3. The summed E-state index contributed by atoms with van der Waals surface area (Å²) in [5.41, 5.74) is -0.0630. The van der Waals surface area contributed by atoms with Gasteiger partial charge in [-0.15, -0.1) is 0 Å². The summed E-state index contributed by atoms with van der Waals surface area (Å²) < 4.78 is 40.8. The van der Waals surface area contributed by atoms with E-state index in [1.165, 1.54) is 6.07 Å². The van der Waals surface area contributed by atoms with Gasteiger partial charge in [0.1, 0.15) is 6.04 Å². The van der Waals surface area contributed by atoms with Crippen LogP contribution in [0.2, 0.25) is 0 Å². The minimum atomic E-state index is -4.55. The number of nitrogens with one attached hydrogen (secondary N) is 2. The Morgan fingerprint density at radius 3 is 2.52 bits per heavy atom. The molecule has 0 aliphatic heterocycles. The summed E-state index contributed by atoms with van der Waals surface area (Å²) in [5.74, 6) is -3.01. The third-order valence-electron chi connectivity index (χ3n) is 3.13. The Morgan fingerprint density at radius 1 is 1.30 bits per heavy atom. The highest BCUT2D eigenvalue weighted by atomic mass is 19.4. The van der Waals surface area contributed by atoms with Gasteiger partial charge in [0.2, 0.25) is 11.8 Å². The molecule has 1 heterocycles. The predicted octanol–water partition coefficient (Wildman–Crippen LogP) is 1.37. The number of hydrogen-bond donors (Lipinski definition) is 3. The normalized spacial score (nSPS) is 12.4. The molecule has 0 radical (unpaired) electrons. The van der Waals surface area contributed by atoms with E-state index in [0.29, 0.717) is 0 Å². The molecule has 150 valence electrons. The van der Waals surface area contributed by atoms with E-state index in [-0.39, 0.29) is 17.9 Å². The number of carboxylic acid groups (broad SMARTS) is 1. The fourth-order valence-electron chi connectivity index (χ4n) is 1.99. The van der Waals surface area contributed by atoms with Crippen LogP contribution in [-0.4, -0.2) is 53.2 Å². The Morgan fingerprint density at radius 2 is 1.96 bits per heavy atom. The Balaban J connectivity index is 2.58. The number of aromatic nitrogens is 1. The van der Waals surface area contributed by atoms with Crippen LogP contribution in [0.1, 0.15) is 30.6 Å². The number of alkyl halides is 3. The molecular formula is C16H20F3N3O5. The number of hydrogen-bond acceptors (Lipinski definition) is 5. The fourth-order valence-corrected chi connectivity index (χ4v) is 1.99. The average molecular weight is 391 g/mol. The van der Waals surface area contributed by atoms with Crippen molar-refractivity contribution in [2.45, 2.75) is 32.5 Å². The fraction of sp³-hybridized carbons (Fsp3) is 0.500. The number of rotatable bonds is 9. The van der Waals surface area contributed by atoms with E-state index in [1.807, 2.05) is 0 Å². The molecule has 0 aliphatic carbocycles. The standard InChI is InChI=1S/C16H20F3N3O5/c1-9(2)5-11(15(25)26)22-12(23)7-21-14(24)10-3-4-20-13(6-10)27-8-16(17,18)19/h3-4,6,9,11H,5,7-8H2,1-2H3,(H,21,24)(H,22,23)(H,25,26)/t11-/m0/s1. The average Bonchev–Trinajstić information content (AvgIpc) is 2.56. The van der Waals surface area contributed by atoms with Crippen LogP contribution < -0.4 is 15.4 Å². The number of nitrogens with zero attached hydrogens (tertiary/aromatic N) is 1. The number of carbonyl (C=O) groups excluding carboxylic acids is 2. The minimum Gasteiger partial charge on any atom is -0.480 e. The van der Waals surface area contributed by atoms with Gasteiger partial charge in [0, 0.05) is 17.8 Å². The zero-order valence-electron chi connectivity index (χ0n) is 14.7. The van der Waals surface area contributed by atoms with Crippen LogP contribution >= 0.6 is 0 Å². The van der Waals surface area contributed by atoms with Gasteiger partial charge >= 0.3 is 12.1 Å². The molecule has 1 rings (SSSR count). The highest BCUT2D eigenvalue weighted by Gasteiger charge is 2.28. The highest BCUT2D eigenvalue weighted by molar-refractivity contribution is 5.97. The molecule has 0 saturated heterocycles. The van der Waals surface area contributed by atoms with Crippen molar-refractivity contribution in [3.63, 3.8) is 0 Å². The molecule has 0 aromatic carbocycles. The number of ether oxygens (including phenoxy) is 1. The lowest BCUT2D eigenvalue weighted by molar-refractivity contribution is -0.154. The van der Waals surface area contributed by atoms with E-state index in [1.54, 1.807) is 13.8 Å². The van der Waals surface area contributed by atoms with Gasteiger partial charge in [0.15, 0.2) is 6.61 Å². The summed E-state index contributed by atoms with van der Waals surface area (Å²) in [7, 11) is 0. The zero-order chi connectivity index (χ0) is 20.6. The first-order valence-electron chi connectivity index (χ1n) is 7.94. The topological polar surface area (TPSA) is 118 Å². The largest absolute Gasteiger partial charge is 0.480 e. The third kappa shape index (κ3) is 8.88. The molecule has 27 heavy (non-hydrogen) atoms. The van der Waals surface area contributed by atoms with E-state index in [4.69, 9.17) is 5.11 Å². The van der Waals surface area contributed by atoms with Crippen LogP contribution in [0.4, 0.5) is 13.2 Å². The second-order valence-corrected chi connectivity index (χ2v) is 6.06. The second-order valence-electron chi connectivity index (χ2n) is 6.06.